The molecule has 2 amide bonds. The van der Waals surface area contributed by atoms with Crippen molar-refractivity contribution in [1.82, 2.24) is 9.80 Å². The van der Waals surface area contributed by atoms with Crippen molar-refractivity contribution >= 4 is 11.8 Å². The number of fused-ring (bicyclic) bond motifs is 1. The Kier molecular flexibility index (Phi) is 5.47. The number of carbonyl (C=O) groups is 2. The molecule has 8 heteroatoms. The quantitative estimate of drug-likeness (QED) is 0.689. The van der Waals surface area contributed by atoms with Crippen LogP contribution in [0.1, 0.15) is 16.7 Å². The standard InChI is InChI=1S/C23H21F3N2O3/c1-2-21(29)28-13-16(14-28)22(30)27-11-10-19-15(12-27)4-3-5-20(19)31-18-8-6-17(7-9-18)23(24,25)26/h2-9,16H,1,10-14H2. The van der Waals surface area contributed by atoms with Crippen molar-refractivity contribution in [2.45, 2.75) is 19.1 Å². The van der Waals surface area contributed by atoms with Crippen LogP contribution in [0.25, 0.3) is 0 Å². The molecule has 1 fully saturated rings. The van der Waals surface area contributed by atoms with Crippen LogP contribution in [0, 0.1) is 5.92 Å². The van der Waals surface area contributed by atoms with Crippen molar-refractivity contribution in [3.8, 4) is 11.5 Å². The predicted octanol–water partition coefficient (Wildman–Crippen LogP) is 4.03. The van der Waals surface area contributed by atoms with Crippen LogP contribution >= 0.6 is 0 Å². The molecule has 2 aliphatic heterocycles. The molecule has 2 aliphatic rings. The summed E-state index contributed by atoms with van der Waals surface area (Å²) in [4.78, 5) is 27.7. The Morgan fingerprint density at radius 1 is 1.06 bits per heavy atom. The fourth-order valence-corrected chi connectivity index (χ4v) is 3.90. The van der Waals surface area contributed by atoms with Gasteiger partial charge in [-0.3, -0.25) is 9.59 Å². The van der Waals surface area contributed by atoms with Gasteiger partial charge in [-0.05, 0) is 48.4 Å². The zero-order chi connectivity index (χ0) is 22.2. The van der Waals surface area contributed by atoms with Gasteiger partial charge in [0.05, 0.1) is 11.5 Å². The number of amides is 2. The van der Waals surface area contributed by atoms with Crippen LogP contribution in [0.5, 0.6) is 11.5 Å². The second-order valence-electron chi connectivity index (χ2n) is 7.67. The Bertz CT molecular complexity index is 1010. The van der Waals surface area contributed by atoms with Gasteiger partial charge in [0.15, 0.2) is 0 Å². The van der Waals surface area contributed by atoms with Crippen molar-refractivity contribution in [1.29, 1.82) is 0 Å². The van der Waals surface area contributed by atoms with Crippen molar-refractivity contribution in [3.63, 3.8) is 0 Å². The van der Waals surface area contributed by atoms with Crippen LogP contribution in [0.15, 0.2) is 55.1 Å². The zero-order valence-electron chi connectivity index (χ0n) is 16.7. The average molecular weight is 430 g/mol. The van der Waals surface area contributed by atoms with E-state index in [0.717, 1.165) is 23.3 Å². The van der Waals surface area contributed by atoms with E-state index in [1.165, 1.54) is 18.2 Å². The SMILES string of the molecule is C=CC(=O)N1CC(C(=O)N2CCc3c(cccc3Oc3ccc(C(F)(F)F)cc3)C2)C1. The third-order valence-electron chi connectivity index (χ3n) is 5.66. The van der Waals surface area contributed by atoms with Crippen LogP contribution in [0.2, 0.25) is 0 Å². The molecule has 4 rings (SSSR count). The smallest absolute Gasteiger partial charge is 0.416 e. The fourth-order valence-electron chi connectivity index (χ4n) is 3.90. The number of hydrogen-bond acceptors (Lipinski definition) is 3. The van der Waals surface area contributed by atoms with E-state index in [1.54, 1.807) is 21.9 Å². The van der Waals surface area contributed by atoms with Crippen LogP contribution in [-0.4, -0.2) is 41.2 Å². The summed E-state index contributed by atoms with van der Waals surface area (Å²) >= 11 is 0. The first-order valence-corrected chi connectivity index (χ1v) is 9.92. The van der Waals surface area contributed by atoms with Gasteiger partial charge >= 0.3 is 6.18 Å². The molecule has 0 aliphatic carbocycles. The number of likely N-dealkylation sites (tertiary alicyclic amines) is 1. The minimum atomic E-state index is -4.39. The number of nitrogens with zero attached hydrogens (tertiary/aromatic N) is 2. The largest absolute Gasteiger partial charge is 0.457 e. The van der Waals surface area contributed by atoms with E-state index < -0.39 is 11.7 Å². The molecule has 1 saturated heterocycles. The van der Waals surface area contributed by atoms with Gasteiger partial charge in [-0.1, -0.05) is 18.7 Å². The maximum atomic E-state index is 12.8. The molecule has 31 heavy (non-hydrogen) atoms. The van der Waals surface area contributed by atoms with Crippen molar-refractivity contribution in [2.75, 3.05) is 19.6 Å². The first-order chi connectivity index (χ1) is 14.8. The minimum absolute atomic E-state index is 0.0211. The molecule has 0 radical (unpaired) electrons. The maximum Gasteiger partial charge on any atom is 0.416 e. The summed E-state index contributed by atoms with van der Waals surface area (Å²) in [6.45, 7) is 5.22. The van der Waals surface area contributed by atoms with E-state index in [4.69, 9.17) is 4.74 Å². The second-order valence-corrected chi connectivity index (χ2v) is 7.67. The molecule has 0 unspecified atom stereocenters. The lowest BCUT2D eigenvalue weighted by Gasteiger charge is -2.41. The van der Waals surface area contributed by atoms with Gasteiger partial charge in [0.25, 0.3) is 0 Å². The summed E-state index contributed by atoms with van der Waals surface area (Å²) in [6.07, 6.45) is -2.56. The van der Waals surface area contributed by atoms with E-state index in [2.05, 4.69) is 6.58 Å². The number of hydrogen-bond donors (Lipinski definition) is 0. The molecule has 2 aromatic rings. The van der Waals surface area contributed by atoms with E-state index in [0.29, 0.717) is 44.1 Å². The Morgan fingerprint density at radius 3 is 2.42 bits per heavy atom. The van der Waals surface area contributed by atoms with Gasteiger partial charge < -0.3 is 14.5 Å². The minimum Gasteiger partial charge on any atom is -0.457 e. The van der Waals surface area contributed by atoms with Crippen LogP contribution in [-0.2, 0) is 28.7 Å². The Morgan fingerprint density at radius 2 is 1.77 bits per heavy atom. The Hall–Kier alpha value is -3.29. The normalized spacial score (nSPS) is 16.4. The molecule has 5 nitrogen and oxygen atoms in total. The average Bonchev–Trinajstić information content (AvgIpc) is 2.72. The van der Waals surface area contributed by atoms with Gasteiger partial charge in [0, 0.05) is 31.7 Å². The van der Waals surface area contributed by atoms with Crippen molar-refractivity contribution in [2.24, 2.45) is 5.92 Å². The van der Waals surface area contributed by atoms with E-state index >= 15 is 0 Å². The maximum absolute atomic E-state index is 12.8. The predicted molar refractivity (Wildman–Crippen MR) is 107 cm³/mol. The highest BCUT2D eigenvalue weighted by molar-refractivity contribution is 5.90. The summed E-state index contributed by atoms with van der Waals surface area (Å²) in [5.74, 6) is 0.556. The van der Waals surface area contributed by atoms with E-state index in [9.17, 15) is 22.8 Å². The molecule has 0 atom stereocenters. The molecular formula is C23H21F3N2O3. The van der Waals surface area contributed by atoms with Gasteiger partial charge in [-0.2, -0.15) is 13.2 Å². The number of alkyl halides is 3. The lowest BCUT2D eigenvalue weighted by Crippen LogP contribution is -2.56. The lowest BCUT2D eigenvalue weighted by atomic mass is 9.94. The molecule has 0 saturated carbocycles. The molecule has 2 heterocycles. The van der Waals surface area contributed by atoms with E-state index in [-0.39, 0.29) is 17.7 Å². The summed E-state index contributed by atoms with van der Waals surface area (Å²) in [5, 5.41) is 0. The highest BCUT2D eigenvalue weighted by Crippen LogP contribution is 2.34. The van der Waals surface area contributed by atoms with E-state index in [1.807, 2.05) is 6.07 Å². The molecule has 0 bridgehead atoms. The van der Waals surface area contributed by atoms with Gasteiger partial charge in [0.2, 0.25) is 11.8 Å². The molecule has 2 aromatic carbocycles. The molecule has 0 spiro atoms. The monoisotopic (exact) mass is 430 g/mol. The molecule has 0 aromatic heterocycles. The topological polar surface area (TPSA) is 49.9 Å². The number of ether oxygens (including phenoxy) is 1. The molecule has 162 valence electrons. The van der Waals surface area contributed by atoms with Gasteiger partial charge in [-0.25, -0.2) is 0 Å². The number of halogens is 3. The van der Waals surface area contributed by atoms with Crippen LogP contribution in [0.3, 0.4) is 0 Å². The fraction of sp³-hybridized carbons (Fsp3) is 0.304. The third kappa shape index (κ3) is 4.28. The number of benzene rings is 2. The third-order valence-corrected chi connectivity index (χ3v) is 5.66. The summed E-state index contributed by atoms with van der Waals surface area (Å²) in [5.41, 5.74) is 1.17. The number of rotatable bonds is 4. The van der Waals surface area contributed by atoms with Crippen molar-refractivity contribution < 1.29 is 27.5 Å². The highest BCUT2D eigenvalue weighted by Gasteiger charge is 2.38. The number of carbonyl (C=O) groups excluding carboxylic acids is 2. The van der Waals surface area contributed by atoms with Gasteiger partial charge in [-0.15, -0.1) is 0 Å². The second kappa shape index (κ2) is 8.09. The highest BCUT2D eigenvalue weighted by atomic mass is 19.4. The molecular weight excluding hydrogens is 409 g/mol. The lowest BCUT2D eigenvalue weighted by molar-refractivity contribution is -0.147. The summed E-state index contributed by atoms with van der Waals surface area (Å²) in [7, 11) is 0. The summed E-state index contributed by atoms with van der Waals surface area (Å²) in [6, 6.07) is 10.1. The first-order valence-electron chi connectivity index (χ1n) is 9.92. The Balaban J connectivity index is 1.42. The Labute approximate surface area is 177 Å². The zero-order valence-corrected chi connectivity index (χ0v) is 16.7. The molecule has 0 N–H and O–H groups in total. The van der Waals surface area contributed by atoms with Crippen molar-refractivity contribution in [3.05, 3.63) is 71.8 Å². The van der Waals surface area contributed by atoms with Crippen LogP contribution < -0.4 is 4.74 Å². The first kappa shape index (κ1) is 21.0. The van der Waals surface area contributed by atoms with Crippen LogP contribution in [0.4, 0.5) is 13.2 Å². The van der Waals surface area contributed by atoms with Gasteiger partial charge in [0.1, 0.15) is 11.5 Å². The summed E-state index contributed by atoms with van der Waals surface area (Å²) < 4.78 is 44.1.